The molecule has 0 fully saturated rings. The Hall–Kier alpha value is -3.13. The van der Waals surface area contributed by atoms with E-state index >= 15 is 0 Å². The van der Waals surface area contributed by atoms with Crippen LogP contribution in [-0.2, 0) is 22.9 Å². The number of carbonyl (C=O) groups is 1. The largest absolute Gasteiger partial charge is 0.493 e. The topological polar surface area (TPSA) is 200 Å². The number of aromatic nitrogens is 4. The Balaban J connectivity index is 2.51. The van der Waals surface area contributed by atoms with E-state index in [0.29, 0.717) is 0 Å². The number of aromatic amines is 1. The summed E-state index contributed by atoms with van der Waals surface area (Å²) in [6.07, 6.45) is 0. The molecule has 2 rings (SSSR count). The molecule has 0 saturated heterocycles. The fourth-order valence-electron chi connectivity index (χ4n) is 1.62. The van der Waals surface area contributed by atoms with Gasteiger partial charge in [-0.05, 0) is 0 Å². The van der Waals surface area contributed by atoms with E-state index in [1.165, 1.54) is 7.05 Å². The summed E-state index contributed by atoms with van der Waals surface area (Å²) in [5.74, 6) is -4.00. The summed E-state index contributed by atoms with van der Waals surface area (Å²) in [6, 6.07) is 0.850. The lowest BCUT2D eigenvalue weighted by Crippen LogP contribution is -2.17. The highest BCUT2D eigenvalue weighted by molar-refractivity contribution is 7.85. The van der Waals surface area contributed by atoms with E-state index in [0.717, 1.165) is 10.6 Å². The van der Waals surface area contributed by atoms with Gasteiger partial charge in [0.15, 0.2) is 5.69 Å². The Bertz CT molecular complexity index is 990. The average Bonchev–Trinajstić information content (AvgIpc) is 2.92. The maximum atomic E-state index is 11.6. The van der Waals surface area contributed by atoms with Gasteiger partial charge in [-0.3, -0.25) is 19.0 Å². The lowest BCUT2D eigenvalue weighted by atomic mass is 10.2. The number of aromatic hydroxyl groups is 1. The summed E-state index contributed by atoms with van der Waals surface area (Å²) in [5.41, 5.74) is -1.47. The van der Waals surface area contributed by atoms with Crippen molar-refractivity contribution in [1.29, 1.82) is 0 Å². The molecule has 4 N–H and O–H groups in total. The van der Waals surface area contributed by atoms with Gasteiger partial charge in [0.05, 0.1) is 0 Å². The van der Waals surface area contributed by atoms with Gasteiger partial charge >= 0.3 is 5.97 Å². The number of carboxylic acid groups (broad SMARTS) is 1. The molecule has 2 heterocycles. The average molecular weight is 358 g/mol. The van der Waals surface area contributed by atoms with E-state index in [1.807, 2.05) is 0 Å². The van der Waals surface area contributed by atoms with Gasteiger partial charge in [0, 0.05) is 18.7 Å². The number of azo groups is 1. The molecule has 0 aliphatic heterocycles. The van der Waals surface area contributed by atoms with Crippen molar-refractivity contribution >= 4 is 27.7 Å². The molecule has 13 nitrogen and oxygen atoms in total. The maximum Gasteiger partial charge on any atom is 0.373 e. The number of hydrogen-bond donors (Lipinski definition) is 4. The van der Waals surface area contributed by atoms with Crippen LogP contribution in [0.15, 0.2) is 21.1 Å². The Kier molecular flexibility index (Phi) is 4.43. The van der Waals surface area contributed by atoms with Crippen LogP contribution in [0.5, 0.6) is 5.88 Å². The molecule has 24 heavy (non-hydrogen) atoms. The number of H-pyrrole nitrogens is 1. The molecular weight excluding hydrogens is 348 g/mol. The van der Waals surface area contributed by atoms with Gasteiger partial charge < -0.3 is 10.2 Å². The van der Waals surface area contributed by atoms with Gasteiger partial charge in [-0.2, -0.15) is 13.4 Å². The minimum Gasteiger partial charge on any atom is -0.493 e. The van der Waals surface area contributed by atoms with Crippen molar-refractivity contribution in [2.45, 2.75) is 5.75 Å². The molecule has 0 radical (unpaired) electrons. The minimum atomic E-state index is -4.51. The summed E-state index contributed by atoms with van der Waals surface area (Å²) in [7, 11) is -3.31. The van der Waals surface area contributed by atoms with E-state index in [4.69, 9.17) is 9.66 Å². The second kappa shape index (κ2) is 6.17. The maximum absolute atomic E-state index is 11.6. The number of nitrogens with zero attached hydrogens (tertiary/aromatic N) is 5. The number of carboxylic acids is 1. The third-order valence-electron chi connectivity index (χ3n) is 2.72. The van der Waals surface area contributed by atoms with Crippen LogP contribution < -0.4 is 5.56 Å². The first-order valence-electron chi connectivity index (χ1n) is 6.03. The van der Waals surface area contributed by atoms with E-state index in [-0.39, 0.29) is 5.56 Å². The summed E-state index contributed by atoms with van der Waals surface area (Å²) in [4.78, 5) is 25.7. The smallest absolute Gasteiger partial charge is 0.373 e. The van der Waals surface area contributed by atoms with Crippen LogP contribution in [0, 0.1) is 0 Å². The highest BCUT2D eigenvalue weighted by atomic mass is 32.2. The first kappa shape index (κ1) is 17.2. The molecule has 0 aliphatic carbocycles. The van der Waals surface area contributed by atoms with Crippen molar-refractivity contribution < 1.29 is 28.0 Å². The first-order chi connectivity index (χ1) is 11.1. The zero-order valence-electron chi connectivity index (χ0n) is 11.9. The Labute approximate surface area is 133 Å². The third kappa shape index (κ3) is 3.79. The molecule has 0 spiro atoms. The van der Waals surface area contributed by atoms with E-state index in [2.05, 4.69) is 25.4 Å². The van der Waals surface area contributed by atoms with Gasteiger partial charge in [-0.1, -0.05) is 0 Å². The van der Waals surface area contributed by atoms with Gasteiger partial charge in [-0.15, -0.1) is 15.3 Å². The number of rotatable bonds is 5. The van der Waals surface area contributed by atoms with Gasteiger partial charge in [0.25, 0.3) is 21.6 Å². The van der Waals surface area contributed by atoms with Crippen LogP contribution in [0.25, 0.3) is 0 Å². The second-order valence-electron chi connectivity index (χ2n) is 4.45. The molecule has 0 saturated carbocycles. The molecular formula is C10H10N6O7S. The van der Waals surface area contributed by atoms with Crippen molar-refractivity contribution in [1.82, 2.24) is 19.7 Å². The van der Waals surface area contributed by atoms with Crippen molar-refractivity contribution in [3.05, 3.63) is 27.8 Å². The molecule has 0 bridgehead atoms. The minimum absolute atomic E-state index is 0.309. The molecule has 0 unspecified atom stereocenters. The molecule has 14 heteroatoms. The van der Waals surface area contributed by atoms with Gasteiger partial charge in [-0.25, -0.2) is 4.79 Å². The SMILES string of the molecule is Cn1c(O)c(N=Nc2n[nH]c(C(=O)O)n2)c(CS(=O)(=O)O)cc1=O. The standard InChI is InChI=1S/C10H10N6O7S/c1-16-5(17)2-4(3-24(21,22)23)6(8(16)18)12-14-10-11-7(9(19)20)13-15-10/h2,18H,3H2,1H3,(H,19,20)(H,11,13,15)(H,21,22,23). The van der Waals surface area contributed by atoms with E-state index < -0.39 is 50.7 Å². The van der Waals surface area contributed by atoms with Gasteiger partial charge in [0.1, 0.15) is 5.75 Å². The molecule has 0 aromatic carbocycles. The quantitative estimate of drug-likeness (QED) is 0.409. The van der Waals surface area contributed by atoms with Crippen molar-refractivity contribution in [2.75, 3.05) is 0 Å². The van der Waals surface area contributed by atoms with Crippen LogP contribution in [-0.4, -0.2) is 48.9 Å². The van der Waals surface area contributed by atoms with Crippen LogP contribution in [0.4, 0.5) is 11.6 Å². The van der Waals surface area contributed by atoms with Crippen molar-refractivity contribution in [2.24, 2.45) is 17.3 Å². The van der Waals surface area contributed by atoms with Crippen LogP contribution in [0.2, 0.25) is 0 Å². The fourth-order valence-corrected chi connectivity index (χ4v) is 2.24. The Morgan fingerprint density at radius 2 is 2.08 bits per heavy atom. The molecule has 0 aliphatic rings. The first-order valence-corrected chi connectivity index (χ1v) is 7.64. The number of aromatic carboxylic acids is 1. The molecule has 128 valence electrons. The molecule has 2 aromatic rings. The highest BCUT2D eigenvalue weighted by Crippen LogP contribution is 2.30. The van der Waals surface area contributed by atoms with Crippen LogP contribution >= 0.6 is 0 Å². The van der Waals surface area contributed by atoms with Crippen molar-refractivity contribution in [3.8, 4) is 5.88 Å². The van der Waals surface area contributed by atoms with E-state index in [9.17, 15) is 23.1 Å². The highest BCUT2D eigenvalue weighted by Gasteiger charge is 2.18. The summed E-state index contributed by atoms with van der Waals surface area (Å²) in [6.45, 7) is 0. The third-order valence-corrected chi connectivity index (χ3v) is 3.39. The summed E-state index contributed by atoms with van der Waals surface area (Å²) >= 11 is 0. The van der Waals surface area contributed by atoms with E-state index in [1.54, 1.807) is 0 Å². The molecule has 0 atom stereocenters. The van der Waals surface area contributed by atoms with Crippen LogP contribution in [0.3, 0.4) is 0 Å². The second-order valence-corrected chi connectivity index (χ2v) is 5.91. The normalized spacial score (nSPS) is 11.9. The lowest BCUT2D eigenvalue weighted by Gasteiger charge is -2.08. The number of hydrogen-bond acceptors (Lipinski definition) is 9. The zero-order chi connectivity index (χ0) is 18.1. The van der Waals surface area contributed by atoms with Crippen LogP contribution in [0.1, 0.15) is 16.2 Å². The zero-order valence-corrected chi connectivity index (χ0v) is 12.7. The Morgan fingerprint density at radius 3 is 2.62 bits per heavy atom. The predicted molar refractivity (Wildman–Crippen MR) is 76.1 cm³/mol. The van der Waals surface area contributed by atoms with Gasteiger partial charge in [0.2, 0.25) is 11.7 Å². The lowest BCUT2D eigenvalue weighted by molar-refractivity contribution is 0.0684. The number of nitrogens with one attached hydrogen (secondary N) is 1. The Morgan fingerprint density at radius 1 is 1.42 bits per heavy atom. The number of pyridine rings is 1. The summed E-state index contributed by atoms with van der Waals surface area (Å²) in [5, 5.41) is 31.1. The fraction of sp³-hybridized carbons (Fsp3) is 0.200. The molecule has 2 aromatic heterocycles. The van der Waals surface area contributed by atoms with Crippen molar-refractivity contribution in [3.63, 3.8) is 0 Å². The summed E-state index contributed by atoms with van der Waals surface area (Å²) < 4.78 is 31.7. The molecule has 0 amide bonds. The monoisotopic (exact) mass is 358 g/mol. The predicted octanol–water partition coefficient (Wildman–Crippen LogP) is -0.290.